The molecule has 0 radical (unpaired) electrons. The van der Waals surface area contributed by atoms with Gasteiger partial charge in [-0.05, 0) is 36.3 Å². The third-order valence-electron chi connectivity index (χ3n) is 3.09. The molecular formula is C11H16N2. The summed E-state index contributed by atoms with van der Waals surface area (Å²) in [4.78, 5) is 0. The van der Waals surface area contributed by atoms with Gasteiger partial charge < -0.3 is 11.1 Å². The number of nitrogens with one attached hydrogen (secondary N) is 1. The summed E-state index contributed by atoms with van der Waals surface area (Å²) in [5, 5.41) is 7.19. The van der Waals surface area contributed by atoms with Gasteiger partial charge in [0.1, 0.15) is 0 Å². The number of allylic oxidation sites excluding steroid dienone is 4. The molecule has 3 N–H and O–H groups in total. The topological polar surface area (TPSA) is 49.9 Å². The second-order valence-electron chi connectivity index (χ2n) is 4.01. The first-order valence-electron chi connectivity index (χ1n) is 4.99. The predicted octanol–water partition coefficient (Wildman–Crippen LogP) is 2.02. The zero-order valence-electron chi connectivity index (χ0n) is 7.79. The van der Waals surface area contributed by atoms with Gasteiger partial charge in [0.25, 0.3) is 0 Å². The molecule has 0 saturated heterocycles. The van der Waals surface area contributed by atoms with Crippen molar-refractivity contribution in [3.8, 4) is 0 Å². The quantitative estimate of drug-likeness (QED) is 0.621. The van der Waals surface area contributed by atoms with E-state index in [0.29, 0.717) is 12.0 Å². The van der Waals surface area contributed by atoms with E-state index in [2.05, 4.69) is 6.08 Å². The molecule has 2 nitrogen and oxygen atoms in total. The molecule has 0 aromatic rings. The standard InChI is InChI=1S/C11H16N2/c12-7-9-4-5-11(9)8-2-1-3-10(13)6-8/h4-5,7-8,10,12H,1-3,6,13H2. The Morgan fingerprint density at radius 3 is 2.77 bits per heavy atom. The Kier molecular flexibility index (Phi) is 2.32. The maximum Gasteiger partial charge on any atom is 0.0253 e. The monoisotopic (exact) mass is 176 g/mol. The van der Waals surface area contributed by atoms with Gasteiger partial charge in [0, 0.05) is 12.3 Å². The molecule has 1 saturated carbocycles. The van der Waals surface area contributed by atoms with Crippen molar-refractivity contribution in [1.82, 2.24) is 0 Å². The van der Waals surface area contributed by atoms with E-state index in [-0.39, 0.29) is 0 Å². The van der Waals surface area contributed by atoms with Crippen molar-refractivity contribution in [1.29, 1.82) is 5.41 Å². The van der Waals surface area contributed by atoms with Crippen LogP contribution in [0.4, 0.5) is 0 Å². The molecule has 13 heavy (non-hydrogen) atoms. The average Bonchev–Trinajstić information content (AvgIpc) is 2.03. The second kappa shape index (κ2) is 3.46. The lowest BCUT2D eigenvalue weighted by Crippen LogP contribution is -2.29. The Morgan fingerprint density at radius 2 is 2.23 bits per heavy atom. The van der Waals surface area contributed by atoms with Gasteiger partial charge >= 0.3 is 0 Å². The summed E-state index contributed by atoms with van der Waals surface area (Å²) in [5.41, 5.74) is 8.40. The Bertz CT molecular complexity index is 272. The van der Waals surface area contributed by atoms with E-state index in [9.17, 15) is 0 Å². The van der Waals surface area contributed by atoms with Crippen LogP contribution in [0, 0.1) is 11.3 Å². The molecule has 0 aromatic carbocycles. The first-order chi connectivity index (χ1) is 6.31. The van der Waals surface area contributed by atoms with Crippen molar-refractivity contribution in [2.75, 3.05) is 0 Å². The number of hydrogen-bond acceptors (Lipinski definition) is 2. The molecule has 2 rings (SSSR count). The van der Waals surface area contributed by atoms with E-state index < -0.39 is 0 Å². The maximum absolute atomic E-state index is 7.19. The lowest BCUT2D eigenvalue weighted by molar-refractivity contribution is 0.362. The first kappa shape index (κ1) is 8.70. The van der Waals surface area contributed by atoms with Crippen molar-refractivity contribution >= 4 is 6.21 Å². The molecule has 0 bridgehead atoms. The molecule has 70 valence electrons. The minimum atomic E-state index is 0.382. The fraction of sp³-hybridized carbons (Fsp3) is 0.545. The molecule has 2 aliphatic rings. The highest BCUT2D eigenvalue weighted by Crippen LogP contribution is 2.35. The lowest BCUT2D eigenvalue weighted by Gasteiger charge is -2.30. The van der Waals surface area contributed by atoms with Crippen LogP contribution in [0.2, 0.25) is 0 Å². The highest BCUT2D eigenvalue weighted by molar-refractivity contribution is 5.85. The van der Waals surface area contributed by atoms with Crippen LogP contribution in [0.25, 0.3) is 0 Å². The van der Waals surface area contributed by atoms with Gasteiger partial charge in [-0.2, -0.15) is 0 Å². The molecule has 0 aliphatic heterocycles. The van der Waals surface area contributed by atoms with Crippen LogP contribution in [0.1, 0.15) is 25.7 Å². The number of rotatable bonds is 2. The second-order valence-corrected chi connectivity index (χ2v) is 4.01. The minimum absolute atomic E-state index is 0.382. The minimum Gasteiger partial charge on any atom is -0.328 e. The lowest BCUT2D eigenvalue weighted by atomic mass is 9.77. The maximum atomic E-state index is 7.19. The van der Waals surface area contributed by atoms with Gasteiger partial charge in [-0.25, -0.2) is 0 Å². The van der Waals surface area contributed by atoms with Crippen molar-refractivity contribution in [3.63, 3.8) is 0 Å². The summed E-state index contributed by atoms with van der Waals surface area (Å²) < 4.78 is 0. The normalized spacial score (nSPS) is 33.0. The molecule has 2 atom stereocenters. The summed E-state index contributed by atoms with van der Waals surface area (Å²) >= 11 is 0. The molecule has 0 heterocycles. The Balaban J connectivity index is 2.04. The smallest absolute Gasteiger partial charge is 0.0253 e. The van der Waals surface area contributed by atoms with Crippen LogP contribution >= 0.6 is 0 Å². The van der Waals surface area contributed by atoms with Gasteiger partial charge in [-0.15, -0.1) is 0 Å². The first-order valence-corrected chi connectivity index (χ1v) is 4.99. The van der Waals surface area contributed by atoms with Crippen molar-refractivity contribution in [2.45, 2.75) is 31.7 Å². The van der Waals surface area contributed by atoms with Crippen LogP contribution in [-0.2, 0) is 0 Å². The molecule has 0 spiro atoms. The third kappa shape index (κ3) is 1.59. The van der Waals surface area contributed by atoms with Gasteiger partial charge in [0.15, 0.2) is 0 Å². The summed E-state index contributed by atoms with van der Waals surface area (Å²) in [6.07, 6.45) is 10.4. The Morgan fingerprint density at radius 1 is 1.38 bits per heavy atom. The van der Waals surface area contributed by atoms with E-state index >= 15 is 0 Å². The highest BCUT2D eigenvalue weighted by Gasteiger charge is 2.24. The molecule has 2 unspecified atom stereocenters. The molecular weight excluding hydrogens is 160 g/mol. The Hall–Kier alpha value is -0.890. The van der Waals surface area contributed by atoms with Gasteiger partial charge in [0.2, 0.25) is 0 Å². The van der Waals surface area contributed by atoms with Gasteiger partial charge in [0.05, 0.1) is 0 Å². The van der Waals surface area contributed by atoms with Crippen LogP contribution < -0.4 is 5.73 Å². The van der Waals surface area contributed by atoms with E-state index in [1.807, 2.05) is 6.08 Å². The predicted molar refractivity (Wildman–Crippen MR) is 54.9 cm³/mol. The van der Waals surface area contributed by atoms with Crippen LogP contribution in [0.3, 0.4) is 0 Å². The fourth-order valence-corrected chi connectivity index (χ4v) is 2.29. The molecule has 1 fully saturated rings. The SMILES string of the molecule is N=CC1=C(C2CCCC(N)C2)C=C1. The number of hydrogen-bond donors (Lipinski definition) is 2. The van der Waals surface area contributed by atoms with E-state index in [1.54, 1.807) is 0 Å². The van der Waals surface area contributed by atoms with E-state index in [1.165, 1.54) is 31.1 Å². The van der Waals surface area contributed by atoms with Crippen molar-refractivity contribution in [2.24, 2.45) is 11.7 Å². The largest absolute Gasteiger partial charge is 0.328 e. The average molecular weight is 176 g/mol. The van der Waals surface area contributed by atoms with Crippen LogP contribution in [-0.4, -0.2) is 12.3 Å². The summed E-state index contributed by atoms with van der Waals surface area (Å²) in [6, 6.07) is 0.382. The fourth-order valence-electron chi connectivity index (χ4n) is 2.29. The molecule has 2 aliphatic carbocycles. The zero-order valence-corrected chi connectivity index (χ0v) is 7.79. The highest BCUT2D eigenvalue weighted by atomic mass is 14.6. The van der Waals surface area contributed by atoms with E-state index in [0.717, 1.165) is 12.0 Å². The summed E-state index contributed by atoms with van der Waals surface area (Å²) in [6.45, 7) is 0. The summed E-state index contributed by atoms with van der Waals surface area (Å²) in [7, 11) is 0. The molecule has 2 heteroatoms. The van der Waals surface area contributed by atoms with Crippen molar-refractivity contribution < 1.29 is 0 Å². The van der Waals surface area contributed by atoms with Gasteiger partial charge in [-0.1, -0.05) is 18.6 Å². The molecule has 0 aromatic heterocycles. The Labute approximate surface area is 79.0 Å². The van der Waals surface area contributed by atoms with Gasteiger partial charge in [-0.3, -0.25) is 0 Å². The number of nitrogens with two attached hydrogens (primary N) is 1. The molecule has 0 amide bonds. The van der Waals surface area contributed by atoms with Crippen LogP contribution in [0.5, 0.6) is 0 Å². The van der Waals surface area contributed by atoms with Crippen molar-refractivity contribution in [3.05, 3.63) is 23.3 Å². The van der Waals surface area contributed by atoms with Crippen LogP contribution in [0.15, 0.2) is 23.3 Å². The van der Waals surface area contributed by atoms with E-state index in [4.69, 9.17) is 11.1 Å². The summed E-state index contributed by atoms with van der Waals surface area (Å²) in [5.74, 6) is 0.630. The zero-order chi connectivity index (χ0) is 9.26. The third-order valence-corrected chi connectivity index (χ3v) is 3.09.